The molecule has 0 saturated carbocycles. The molecule has 4 heteroatoms. The first-order valence-corrected chi connectivity index (χ1v) is 6.54. The number of anilines is 1. The van der Waals surface area contributed by atoms with E-state index >= 15 is 0 Å². The zero-order chi connectivity index (χ0) is 12.1. The molecule has 0 atom stereocenters. The molecule has 1 aromatic rings. The zero-order valence-electron chi connectivity index (χ0n) is 9.44. The summed E-state index contributed by atoms with van der Waals surface area (Å²) in [4.78, 5) is 0. The summed E-state index contributed by atoms with van der Waals surface area (Å²) in [6.45, 7) is 6.77. The number of nitrogens with one attached hydrogen (secondary N) is 1. The monoisotopic (exact) mass is 347 g/mol. The fraction of sp³-hybridized carbons (Fsp3) is 0.333. The molecule has 0 aliphatic heterocycles. The van der Waals surface area contributed by atoms with Crippen molar-refractivity contribution >= 4 is 37.5 Å². The highest BCUT2D eigenvalue weighted by molar-refractivity contribution is 9.11. The van der Waals surface area contributed by atoms with Crippen molar-refractivity contribution < 1.29 is 4.74 Å². The molecule has 0 heterocycles. The predicted molar refractivity (Wildman–Crippen MR) is 76.3 cm³/mol. The Bertz CT molecular complexity index is 391. The van der Waals surface area contributed by atoms with Gasteiger partial charge in [0.15, 0.2) is 0 Å². The second-order valence-electron chi connectivity index (χ2n) is 3.60. The van der Waals surface area contributed by atoms with Crippen LogP contribution in [0.2, 0.25) is 0 Å². The molecule has 88 valence electrons. The van der Waals surface area contributed by atoms with Crippen LogP contribution in [-0.4, -0.2) is 13.7 Å². The van der Waals surface area contributed by atoms with Gasteiger partial charge in [-0.2, -0.15) is 0 Å². The summed E-state index contributed by atoms with van der Waals surface area (Å²) in [5.41, 5.74) is 2.20. The SMILES string of the molecule is C=C(C)CCNc1cc(OC)c(Br)cc1Br. The Morgan fingerprint density at radius 1 is 1.38 bits per heavy atom. The van der Waals surface area contributed by atoms with Gasteiger partial charge in [0, 0.05) is 17.1 Å². The predicted octanol–water partition coefficient (Wildman–Crippen LogP) is 4.60. The molecule has 1 aromatic carbocycles. The molecule has 0 aromatic heterocycles. The van der Waals surface area contributed by atoms with Crippen LogP contribution in [-0.2, 0) is 0 Å². The smallest absolute Gasteiger partial charge is 0.135 e. The van der Waals surface area contributed by atoms with Gasteiger partial charge in [0.1, 0.15) is 5.75 Å². The molecule has 0 amide bonds. The van der Waals surface area contributed by atoms with Crippen molar-refractivity contribution in [2.24, 2.45) is 0 Å². The number of benzene rings is 1. The van der Waals surface area contributed by atoms with E-state index in [0.29, 0.717) is 0 Å². The van der Waals surface area contributed by atoms with E-state index in [1.165, 1.54) is 5.57 Å². The Morgan fingerprint density at radius 3 is 2.62 bits per heavy atom. The van der Waals surface area contributed by atoms with Gasteiger partial charge in [-0.1, -0.05) is 5.57 Å². The number of hydrogen-bond acceptors (Lipinski definition) is 2. The van der Waals surface area contributed by atoms with Gasteiger partial charge in [-0.25, -0.2) is 0 Å². The number of methoxy groups -OCH3 is 1. The molecule has 0 radical (unpaired) electrons. The first-order chi connectivity index (χ1) is 7.54. The fourth-order valence-electron chi connectivity index (χ4n) is 1.23. The second kappa shape index (κ2) is 6.30. The topological polar surface area (TPSA) is 21.3 Å². The van der Waals surface area contributed by atoms with Crippen LogP contribution in [0, 0.1) is 0 Å². The molecule has 1 rings (SSSR count). The van der Waals surface area contributed by atoms with Crippen molar-refractivity contribution in [1.29, 1.82) is 0 Å². The number of hydrogen-bond donors (Lipinski definition) is 1. The first-order valence-electron chi connectivity index (χ1n) is 4.96. The van der Waals surface area contributed by atoms with Crippen LogP contribution in [0.4, 0.5) is 5.69 Å². The Kier molecular flexibility index (Phi) is 5.35. The number of rotatable bonds is 5. The van der Waals surface area contributed by atoms with E-state index in [4.69, 9.17) is 4.74 Å². The first kappa shape index (κ1) is 13.6. The summed E-state index contributed by atoms with van der Waals surface area (Å²) in [6.07, 6.45) is 0.963. The molecule has 2 nitrogen and oxygen atoms in total. The standard InChI is InChI=1S/C12H15Br2NO/c1-8(2)4-5-15-11-7-12(16-3)10(14)6-9(11)13/h6-7,15H,1,4-5H2,2-3H3. The summed E-state index contributed by atoms with van der Waals surface area (Å²) in [7, 11) is 1.66. The van der Waals surface area contributed by atoms with E-state index in [2.05, 4.69) is 43.8 Å². The third-order valence-electron chi connectivity index (χ3n) is 2.11. The Balaban J connectivity index is 2.75. The van der Waals surface area contributed by atoms with Crippen LogP contribution in [0.5, 0.6) is 5.75 Å². The molecule has 0 bridgehead atoms. The summed E-state index contributed by atoms with van der Waals surface area (Å²) in [6, 6.07) is 3.94. The van der Waals surface area contributed by atoms with Gasteiger partial charge in [-0.05, 0) is 51.3 Å². The lowest BCUT2D eigenvalue weighted by molar-refractivity contribution is 0.412. The minimum Gasteiger partial charge on any atom is -0.495 e. The van der Waals surface area contributed by atoms with Crippen molar-refractivity contribution in [3.05, 3.63) is 33.2 Å². The summed E-state index contributed by atoms with van der Waals surface area (Å²) in [5.74, 6) is 0.820. The molecule has 0 aliphatic carbocycles. The van der Waals surface area contributed by atoms with Crippen molar-refractivity contribution in [2.45, 2.75) is 13.3 Å². The molecule has 1 N–H and O–H groups in total. The zero-order valence-corrected chi connectivity index (χ0v) is 12.6. The van der Waals surface area contributed by atoms with Gasteiger partial charge in [-0.3, -0.25) is 0 Å². The quantitative estimate of drug-likeness (QED) is 0.785. The van der Waals surface area contributed by atoms with E-state index in [0.717, 1.165) is 33.3 Å². The molecular formula is C12H15Br2NO. The van der Waals surface area contributed by atoms with Crippen molar-refractivity contribution in [2.75, 3.05) is 19.0 Å². The Morgan fingerprint density at radius 2 is 2.06 bits per heavy atom. The van der Waals surface area contributed by atoms with Gasteiger partial charge >= 0.3 is 0 Å². The van der Waals surface area contributed by atoms with E-state index in [1.54, 1.807) is 7.11 Å². The minimum absolute atomic E-state index is 0.820. The highest BCUT2D eigenvalue weighted by Crippen LogP contribution is 2.34. The highest BCUT2D eigenvalue weighted by atomic mass is 79.9. The van der Waals surface area contributed by atoms with Crippen molar-refractivity contribution in [3.63, 3.8) is 0 Å². The normalized spacial score (nSPS) is 10.0. The van der Waals surface area contributed by atoms with Crippen LogP contribution in [0.15, 0.2) is 33.2 Å². The van der Waals surface area contributed by atoms with E-state index in [1.807, 2.05) is 19.1 Å². The van der Waals surface area contributed by atoms with Crippen LogP contribution in [0.3, 0.4) is 0 Å². The summed E-state index contributed by atoms with van der Waals surface area (Å²) < 4.78 is 7.20. The summed E-state index contributed by atoms with van der Waals surface area (Å²) in [5, 5.41) is 3.34. The van der Waals surface area contributed by atoms with Gasteiger partial charge in [0.2, 0.25) is 0 Å². The lowest BCUT2D eigenvalue weighted by Crippen LogP contribution is -2.02. The van der Waals surface area contributed by atoms with Crippen LogP contribution in [0.1, 0.15) is 13.3 Å². The van der Waals surface area contributed by atoms with Crippen molar-refractivity contribution in [1.82, 2.24) is 0 Å². The van der Waals surface area contributed by atoms with Gasteiger partial charge in [-0.15, -0.1) is 6.58 Å². The number of halogens is 2. The lowest BCUT2D eigenvalue weighted by Gasteiger charge is -2.11. The molecule has 0 spiro atoms. The van der Waals surface area contributed by atoms with Crippen LogP contribution >= 0.6 is 31.9 Å². The van der Waals surface area contributed by atoms with E-state index < -0.39 is 0 Å². The third-order valence-corrected chi connectivity index (χ3v) is 3.38. The third kappa shape index (κ3) is 3.83. The molecule has 0 saturated heterocycles. The maximum absolute atomic E-state index is 5.24. The molecule has 0 aliphatic rings. The lowest BCUT2D eigenvalue weighted by atomic mass is 10.2. The number of ether oxygens (including phenoxy) is 1. The second-order valence-corrected chi connectivity index (χ2v) is 5.31. The summed E-state index contributed by atoms with van der Waals surface area (Å²) >= 11 is 6.94. The van der Waals surface area contributed by atoms with Crippen LogP contribution in [0.25, 0.3) is 0 Å². The van der Waals surface area contributed by atoms with Gasteiger partial charge in [0.05, 0.1) is 17.3 Å². The Labute approximate surface area is 113 Å². The average molecular weight is 349 g/mol. The molecular weight excluding hydrogens is 334 g/mol. The highest BCUT2D eigenvalue weighted by Gasteiger charge is 2.06. The molecule has 0 unspecified atom stereocenters. The maximum atomic E-state index is 5.24. The van der Waals surface area contributed by atoms with Crippen LogP contribution < -0.4 is 10.1 Å². The van der Waals surface area contributed by atoms with Gasteiger partial charge < -0.3 is 10.1 Å². The molecule has 16 heavy (non-hydrogen) atoms. The van der Waals surface area contributed by atoms with Crippen molar-refractivity contribution in [3.8, 4) is 5.75 Å². The van der Waals surface area contributed by atoms with Gasteiger partial charge in [0.25, 0.3) is 0 Å². The molecule has 0 fully saturated rings. The largest absolute Gasteiger partial charge is 0.495 e. The van der Waals surface area contributed by atoms with E-state index in [9.17, 15) is 0 Å². The minimum atomic E-state index is 0.820. The van der Waals surface area contributed by atoms with E-state index in [-0.39, 0.29) is 0 Å². The average Bonchev–Trinajstić information content (AvgIpc) is 2.20. The fourth-order valence-corrected chi connectivity index (χ4v) is 2.53. The Hall–Kier alpha value is -0.480. The maximum Gasteiger partial charge on any atom is 0.135 e.